The van der Waals surface area contributed by atoms with Crippen molar-refractivity contribution in [2.75, 3.05) is 0 Å². The van der Waals surface area contributed by atoms with Crippen LogP contribution in [0.2, 0.25) is 0 Å². The van der Waals surface area contributed by atoms with Gasteiger partial charge in [0, 0.05) is 12.0 Å². The number of ether oxygens (including phenoxy) is 4. The van der Waals surface area contributed by atoms with Crippen molar-refractivity contribution >= 4 is 5.97 Å². The van der Waals surface area contributed by atoms with Gasteiger partial charge in [0.25, 0.3) is 0 Å². The number of carbonyl (C=O) groups is 1. The van der Waals surface area contributed by atoms with E-state index in [1.54, 1.807) is 0 Å². The number of esters is 1. The smallest absolute Gasteiger partial charge is 0.334 e. The highest BCUT2D eigenvalue weighted by Gasteiger charge is 2.41. The number of cyclic esters (lactones) is 1. The molecule has 3 aliphatic heterocycles. The lowest BCUT2D eigenvalue weighted by molar-refractivity contribution is -0.148. The number of hydrogen-bond donors (Lipinski definition) is 2. The second-order valence-corrected chi connectivity index (χ2v) is 14.7. The van der Waals surface area contributed by atoms with Crippen LogP contribution in [0.4, 0.5) is 0 Å². The van der Waals surface area contributed by atoms with Gasteiger partial charge in [-0.15, -0.1) is 0 Å². The minimum atomic E-state index is -0.555. The molecule has 3 heterocycles. The first kappa shape index (κ1) is 38.5. The van der Waals surface area contributed by atoms with E-state index in [4.69, 9.17) is 18.9 Å². The molecule has 262 valence electrons. The van der Waals surface area contributed by atoms with E-state index in [9.17, 15) is 15.0 Å². The van der Waals surface area contributed by atoms with Gasteiger partial charge >= 0.3 is 5.97 Å². The van der Waals surface area contributed by atoms with Crippen LogP contribution in [0.3, 0.4) is 0 Å². The fraction of sp³-hybridized carbons (Fsp3) is 0.921. The Hall–Kier alpha value is -0.990. The van der Waals surface area contributed by atoms with Crippen molar-refractivity contribution in [3.05, 3.63) is 11.6 Å². The predicted octanol–water partition coefficient (Wildman–Crippen LogP) is 8.86. The van der Waals surface area contributed by atoms with Crippen LogP contribution in [-0.4, -0.2) is 64.7 Å². The fourth-order valence-electron chi connectivity index (χ4n) is 7.40. The molecule has 0 saturated carbocycles. The third-order valence-corrected chi connectivity index (χ3v) is 9.95. The third kappa shape index (κ3) is 15.2. The molecule has 2 saturated heterocycles. The highest BCUT2D eigenvalue weighted by Crippen LogP contribution is 2.35. The van der Waals surface area contributed by atoms with E-state index in [-0.39, 0.29) is 36.5 Å². The Morgan fingerprint density at radius 1 is 0.778 bits per heavy atom. The Labute approximate surface area is 275 Å². The topological polar surface area (TPSA) is 94.5 Å². The van der Waals surface area contributed by atoms with Crippen molar-refractivity contribution in [2.24, 2.45) is 0 Å². The maximum atomic E-state index is 11.7. The SMILES string of the molecule is CCCCCCCCCCCCCCC1OC(C)(C)OC1CCC(O)C1CCC(CCCCCC(O)CC2=CC(C)OC2=O)O1. The molecule has 7 heteroatoms. The largest absolute Gasteiger partial charge is 0.455 e. The zero-order chi connectivity index (χ0) is 32.5. The Morgan fingerprint density at radius 2 is 1.36 bits per heavy atom. The van der Waals surface area contributed by atoms with Crippen molar-refractivity contribution in [3.8, 4) is 0 Å². The van der Waals surface area contributed by atoms with Crippen LogP contribution in [0.5, 0.6) is 0 Å². The van der Waals surface area contributed by atoms with Crippen LogP contribution in [0.15, 0.2) is 11.6 Å². The molecule has 3 rings (SSSR count). The molecule has 45 heavy (non-hydrogen) atoms. The van der Waals surface area contributed by atoms with Crippen molar-refractivity contribution in [1.82, 2.24) is 0 Å². The van der Waals surface area contributed by atoms with Crippen LogP contribution in [0.25, 0.3) is 0 Å². The maximum Gasteiger partial charge on any atom is 0.334 e. The Kier molecular flexibility index (Phi) is 18.0. The van der Waals surface area contributed by atoms with Crippen molar-refractivity contribution in [1.29, 1.82) is 0 Å². The van der Waals surface area contributed by atoms with Gasteiger partial charge in [0.05, 0.1) is 36.6 Å². The summed E-state index contributed by atoms with van der Waals surface area (Å²) >= 11 is 0. The minimum Gasteiger partial charge on any atom is -0.455 e. The van der Waals surface area contributed by atoms with E-state index in [0.29, 0.717) is 24.8 Å². The maximum absolute atomic E-state index is 11.7. The van der Waals surface area contributed by atoms with Crippen LogP contribution < -0.4 is 0 Å². The zero-order valence-corrected chi connectivity index (χ0v) is 29.3. The van der Waals surface area contributed by atoms with Gasteiger partial charge < -0.3 is 29.2 Å². The molecular weight excluding hydrogens is 568 g/mol. The monoisotopic (exact) mass is 636 g/mol. The van der Waals surface area contributed by atoms with Gasteiger partial charge in [-0.25, -0.2) is 4.79 Å². The van der Waals surface area contributed by atoms with Gasteiger partial charge in [-0.3, -0.25) is 0 Å². The molecule has 2 N–H and O–H groups in total. The summed E-state index contributed by atoms with van der Waals surface area (Å²) in [5.41, 5.74) is 0.602. The van der Waals surface area contributed by atoms with Crippen LogP contribution in [0.1, 0.15) is 175 Å². The van der Waals surface area contributed by atoms with Crippen LogP contribution in [0, 0.1) is 0 Å². The normalized spacial score (nSPS) is 27.6. The number of unbranched alkanes of at least 4 members (excludes halogenated alkanes) is 13. The highest BCUT2D eigenvalue weighted by molar-refractivity contribution is 5.90. The predicted molar refractivity (Wildman–Crippen MR) is 180 cm³/mol. The van der Waals surface area contributed by atoms with E-state index in [1.807, 2.05) is 26.8 Å². The van der Waals surface area contributed by atoms with Gasteiger partial charge in [-0.2, -0.15) is 0 Å². The number of rotatable bonds is 25. The summed E-state index contributed by atoms with van der Waals surface area (Å²) in [6.07, 6.45) is 26.6. The summed E-state index contributed by atoms with van der Waals surface area (Å²) in [4.78, 5) is 11.7. The molecule has 0 aromatic carbocycles. The van der Waals surface area contributed by atoms with E-state index < -0.39 is 18.0 Å². The number of carbonyl (C=O) groups excluding carboxylic acids is 1. The first-order chi connectivity index (χ1) is 21.7. The quantitative estimate of drug-likeness (QED) is 0.0764. The first-order valence-corrected chi connectivity index (χ1v) is 19.0. The third-order valence-electron chi connectivity index (χ3n) is 9.95. The zero-order valence-electron chi connectivity index (χ0n) is 29.3. The summed E-state index contributed by atoms with van der Waals surface area (Å²) in [5, 5.41) is 21.3. The Balaban J connectivity index is 1.21. The molecule has 0 bridgehead atoms. The van der Waals surface area contributed by atoms with E-state index >= 15 is 0 Å². The number of hydrogen-bond acceptors (Lipinski definition) is 7. The lowest BCUT2D eigenvalue weighted by atomic mass is 9.97. The molecule has 3 aliphatic rings. The lowest BCUT2D eigenvalue weighted by Crippen LogP contribution is -2.30. The second kappa shape index (κ2) is 21.1. The molecule has 7 nitrogen and oxygen atoms in total. The lowest BCUT2D eigenvalue weighted by Gasteiger charge is -2.22. The molecule has 0 aromatic rings. The molecule has 0 spiro atoms. The van der Waals surface area contributed by atoms with E-state index in [2.05, 4.69) is 6.92 Å². The van der Waals surface area contributed by atoms with Crippen molar-refractivity contribution in [3.63, 3.8) is 0 Å². The summed E-state index contributed by atoms with van der Waals surface area (Å²) in [5.74, 6) is -0.847. The van der Waals surface area contributed by atoms with Gasteiger partial charge in [0.15, 0.2) is 5.79 Å². The van der Waals surface area contributed by atoms with E-state index in [1.165, 1.54) is 77.0 Å². The summed E-state index contributed by atoms with van der Waals surface area (Å²) in [6.45, 7) is 8.13. The van der Waals surface area contributed by atoms with Crippen molar-refractivity contribution < 1.29 is 34.0 Å². The van der Waals surface area contributed by atoms with Crippen LogP contribution in [-0.2, 0) is 23.7 Å². The molecule has 7 unspecified atom stereocenters. The molecule has 0 aromatic heterocycles. The van der Waals surface area contributed by atoms with Gasteiger partial charge in [-0.1, -0.05) is 103 Å². The highest BCUT2D eigenvalue weighted by atomic mass is 16.7. The summed E-state index contributed by atoms with van der Waals surface area (Å²) in [7, 11) is 0. The van der Waals surface area contributed by atoms with E-state index in [0.717, 1.165) is 51.4 Å². The Bertz CT molecular complexity index is 842. The molecule has 7 atom stereocenters. The minimum absolute atomic E-state index is 0.0360. The molecular formula is C38H68O7. The molecule has 2 fully saturated rings. The Morgan fingerprint density at radius 3 is 1.98 bits per heavy atom. The van der Waals surface area contributed by atoms with Gasteiger partial charge in [0.2, 0.25) is 0 Å². The summed E-state index contributed by atoms with van der Waals surface area (Å²) < 4.78 is 23.9. The average Bonchev–Trinajstić information content (AvgIpc) is 3.68. The fourth-order valence-corrected chi connectivity index (χ4v) is 7.40. The average molecular weight is 637 g/mol. The standard InChI is InChI=1S/C38H68O7/c1-5-6-7-8-9-10-11-12-13-14-15-19-22-35-36(45-38(3,4)44-35)26-24-33(40)34-25-23-32(43-34)21-18-16-17-20-31(39)28-30-27-29(2)42-37(30)41/h27,29,31-36,39-40H,5-26,28H2,1-4H3. The van der Waals surface area contributed by atoms with Gasteiger partial charge in [0.1, 0.15) is 6.10 Å². The second-order valence-electron chi connectivity index (χ2n) is 14.7. The molecule has 0 amide bonds. The first-order valence-electron chi connectivity index (χ1n) is 19.0. The number of aliphatic hydroxyl groups is 2. The molecule has 0 radical (unpaired) electrons. The van der Waals surface area contributed by atoms with Crippen LogP contribution >= 0.6 is 0 Å². The van der Waals surface area contributed by atoms with Crippen molar-refractivity contribution in [2.45, 2.75) is 224 Å². The summed E-state index contributed by atoms with van der Waals surface area (Å²) in [6, 6.07) is 0. The van der Waals surface area contributed by atoms with Gasteiger partial charge in [-0.05, 0) is 71.8 Å². The molecule has 0 aliphatic carbocycles. The number of aliphatic hydroxyl groups excluding tert-OH is 2.